The summed E-state index contributed by atoms with van der Waals surface area (Å²) in [5.41, 5.74) is 0.131. The van der Waals surface area contributed by atoms with Gasteiger partial charge in [0.05, 0.1) is 39.6 Å². The van der Waals surface area contributed by atoms with Crippen LogP contribution in [0.1, 0.15) is 5.56 Å². The van der Waals surface area contributed by atoms with E-state index in [0.29, 0.717) is 22.8 Å². The molecule has 0 aromatic heterocycles. The molecule has 0 fully saturated rings. The van der Waals surface area contributed by atoms with Gasteiger partial charge in [-0.3, -0.25) is 19.2 Å². The first-order valence-electron chi connectivity index (χ1n) is 9.41. The van der Waals surface area contributed by atoms with E-state index < -0.39 is 27.4 Å². The number of hydrogen-bond acceptors (Lipinski definition) is 9. The Labute approximate surface area is 191 Å². The zero-order valence-corrected chi connectivity index (χ0v) is 19.6. The molecular weight excluding hydrogens is 458 g/mol. The normalized spacial score (nSPS) is 10.8. The van der Waals surface area contributed by atoms with Gasteiger partial charge in [0.15, 0.2) is 11.5 Å². The van der Waals surface area contributed by atoms with Crippen LogP contribution in [-0.2, 0) is 21.4 Å². The lowest BCUT2D eigenvalue weighted by Crippen LogP contribution is -2.40. The van der Waals surface area contributed by atoms with Crippen LogP contribution in [0.4, 0.5) is 11.4 Å². The Hall–Kier alpha value is -3.74. The fraction of sp³-hybridized carbons (Fsp3) is 0.350. The summed E-state index contributed by atoms with van der Waals surface area (Å²) in [7, 11) is 1.67. The number of benzene rings is 2. The molecule has 0 unspecified atom stereocenters. The fourth-order valence-corrected chi connectivity index (χ4v) is 3.84. The van der Waals surface area contributed by atoms with Crippen LogP contribution in [0, 0.1) is 10.1 Å². The molecule has 0 radical (unpaired) electrons. The summed E-state index contributed by atoms with van der Waals surface area (Å²) in [5.74, 6) is 0.572. The van der Waals surface area contributed by atoms with Crippen molar-refractivity contribution in [2.75, 3.05) is 45.5 Å². The van der Waals surface area contributed by atoms with Crippen LogP contribution in [0.2, 0.25) is 0 Å². The second-order valence-corrected chi connectivity index (χ2v) is 8.60. The number of hydrogen-bond donors (Lipinski definition) is 1. The number of nitrogens with one attached hydrogen (secondary N) is 1. The Bertz CT molecular complexity index is 1110. The van der Waals surface area contributed by atoms with E-state index in [1.165, 1.54) is 40.6 Å². The highest BCUT2D eigenvalue weighted by molar-refractivity contribution is 7.92. The minimum absolute atomic E-state index is 0.0270. The molecule has 0 atom stereocenters. The zero-order chi connectivity index (χ0) is 24.8. The van der Waals surface area contributed by atoms with Gasteiger partial charge < -0.3 is 24.3 Å². The average Bonchev–Trinajstić information content (AvgIpc) is 2.79. The van der Waals surface area contributed by atoms with Crippen LogP contribution >= 0.6 is 0 Å². The molecule has 2 aromatic rings. The third-order valence-corrected chi connectivity index (χ3v) is 5.67. The first-order valence-corrected chi connectivity index (χ1v) is 11.3. The van der Waals surface area contributed by atoms with E-state index in [1.54, 1.807) is 12.1 Å². The summed E-state index contributed by atoms with van der Waals surface area (Å²) in [6.07, 6.45) is 0.887. The van der Waals surface area contributed by atoms with Crippen molar-refractivity contribution in [2.24, 2.45) is 0 Å². The Morgan fingerprint density at radius 1 is 1.00 bits per heavy atom. The summed E-state index contributed by atoms with van der Waals surface area (Å²) in [6.45, 7) is -0.597. The number of methoxy groups -OCH3 is 4. The lowest BCUT2D eigenvalue weighted by Gasteiger charge is -2.23. The number of anilines is 1. The minimum Gasteiger partial charge on any atom is -0.495 e. The number of rotatable bonds is 11. The van der Waals surface area contributed by atoms with Gasteiger partial charge in [-0.1, -0.05) is 0 Å². The molecule has 180 valence electrons. The molecule has 2 aromatic carbocycles. The van der Waals surface area contributed by atoms with Gasteiger partial charge in [0.25, 0.3) is 5.69 Å². The Kier molecular flexibility index (Phi) is 8.29. The van der Waals surface area contributed by atoms with Crippen molar-refractivity contribution in [3.05, 3.63) is 46.0 Å². The number of sulfonamides is 1. The molecule has 0 saturated carbocycles. The van der Waals surface area contributed by atoms with Crippen LogP contribution < -0.4 is 28.6 Å². The standard InChI is InChI=1S/C20H25N3O9S/c1-29-16-7-6-14(23(25)26)10-15(16)22(33(5,27)28)12-19(24)21-11-13-8-17(30-2)20(32-4)18(9-13)31-3/h6-10H,11-12H2,1-5H3,(H,21,24). The van der Waals surface area contributed by atoms with Crippen molar-refractivity contribution in [3.8, 4) is 23.0 Å². The Morgan fingerprint density at radius 3 is 2.03 bits per heavy atom. The maximum Gasteiger partial charge on any atom is 0.271 e. The second kappa shape index (κ2) is 10.7. The molecule has 13 heteroatoms. The summed E-state index contributed by atoms with van der Waals surface area (Å²) in [6, 6.07) is 6.75. The number of nitro groups is 1. The van der Waals surface area contributed by atoms with Gasteiger partial charge >= 0.3 is 0 Å². The molecule has 12 nitrogen and oxygen atoms in total. The van der Waals surface area contributed by atoms with E-state index in [9.17, 15) is 23.3 Å². The van der Waals surface area contributed by atoms with Crippen molar-refractivity contribution >= 4 is 27.3 Å². The number of nitro benzene ring substituents is 1. The smallest absolute Gasteiger partial charge is 0.271 e. The van der Waals surface area contributed by atoms with Crippen molar-refractivity contribution in [1.82, 2.24) is 5.32 Å². The SMILES string of the molecule is COc1ccc([N+](=O)[O-])cc1N(CC(=O)NCc1cc(OC)c(OC)c(OC)c1)S(C)(=O)=O. The maximum atomic E-state index is 12.6. The number of non-ortho nitro benzene ring substituents is 1. The molecule has 0 heterocycles. The van der Waals surface area contributed by atoms with Gasteiger partial charge in [0.2, 0.25) is 21.7 Å². The molecule has 0 spiro atoms. The van der Waals surface area contributed by atoms with Crippen LogP contribution in [0.3, 0.4) is 0 Å². The third kappa shape index (κ3) is 6.16. The highest BCUT2D eigenvalue weighted by Gasteiger charge is 2.26. The number of carbonyl (C=O) groups excluding carboxylic acids is 1. The first-order chi connectivity index (χ1) is 15.5. The van der Waals surface area contributed by atoms with Gasteiger partial charge in [0, 0.05) is 18.7 Å². The molecule has 1 amide bonds. The lowest BCUT2D eigenvalue weighted by molar-refractivity contribution is -0.384. The number of carbonyl (C=O) groups is 1. The van der Waals surface area contributed by atoms with Crippen LogP contribution in [0.5, 0.6) is 23.0 Å². The van der Waals surface area contributed by atoms with Crippen LogP contribution in [-0.4, -0.2) is 60.5 Å². The van der Waals surface area contributed by atoms with Crippen molar-refractivity contribution in [1.29, 1.82) is 0 Å². The van der Waals surface area contributed by atoms with Gasteiger partial charge in [-0.05, 0) is 23.8 Å². The third-order valence-electron chi connectivity index (χ3n) is 4.54. The topological polar surface area (TPSA) is 147 Å². The van der Waals surface area contributed by atoms with Crippen molar-refractivity contribution in [3.63, 3.8) is 0 Å². The maximum absolute atomic E-state index is 12.6. The van der Waals surface area contributed by atoms with Crippen LogP contribution in [0.15, 0.2) is 30.3 Å². The van der Waals surface area contributed by atoms with E-state index in [-0.39, 0.29) is 23.7 Å². The molecule has 0 bridgehead atoms. The molecule has 0 aliphatic rings. The Morgan fingerprint density at radius 2 is 1.58 bits per heavy atom. The molecule has 2 rings (SSSR count). The highest BCUT2D eigenvalue weighted by atomic mass is 32.2. The number of amides is 1. The van der Waals surface area contributed by atoms with Crippen molar-refractivity contribution < 1.29 is 37.1 Å². The van der Waals surface area contributed by atoms with Gasteiger partial charge in [0.1, 0.15) is 18.0 Å². The lowest BCUT2D eigenvalue weighted by atomic mass is 10.1. The zero-order valence-electron chi connectivity index (χ0n) is 18.8. The number of ether oxygens (including phenoxy) is 4. The fourth-order valence-electron chi connectivity index (χ4n) is 2.99. The quantitative estimate of drug-likeness (QED) is 0.373. The van der Waals surface area contributed by atoms with Gasteiger partial charge in [-0.15, -0.1) is 0 Å². The summed E-state index contributed by atoms with van der Waals surface area (Å²) in [5, 5.41) is 13.8. The minimum atomic E-state index is -3.99. The Balaban J connectivity index is 2.29. The monoisotopic (exact) mass is 483 g/mol. The molecular formula is C20H25N3O9S. The predicted molar refractivity (Wildman–Crippen MR) is 120 cm³/mol. The van der Waals surface area contributed by atoms with E-state index in [4.69, 9.17) is 18.9 Å². The van der Waals surface area contributed by atoms with Crippen LogP contribution in [0.25, 0.3) is 0 Å². The second-order valence-electron chi connectivity index (χ2n) is 6.69. The van der Waals surface area contributed by atoms with Gasteiger partial charge in [-0.25, -0.2) is 8.42 Å². The van der Waals surface area contributed by atoms with E-state index in [1.807, 2.05) is 0 Å². The molecule has 33 heavy (non-hydrogen) atoms. The summed E-state index contributed by atoms with van der Waals surface area (Å²) < 4.78 is 46.5. The van der Waals surface area contributed by atoms with E-state index in [2.05, 4.69) is 5.32 Å². The molecule has 1 N–H and O–H groups in total. The average molecular weight is 483 g/mol. The molecule has 0 aliphatic heterocycles. The molecule has 0 saturated heterocycles. The highest BCUT2D eigenvalue weighted by Crippen LogP contribution is 2.38. The summed E-state index contributed by atoms with van der Waals surface area (Å²) in [4.78, 5) is 23.1. The summed E-state index contributed by atoms with van der Waals surface area (Å²) >= 11 is 0. The van der Waals surface area contributed by atoms with Gasteiger partial charge in [-0.2, -0.15) is 0 Å². The van der Waals surface area contributed by atoms with E-state index >= 15 is 0 Å². The van der Waals surface area contributed by atoms with Crippen molar-refractivity contribution in [2.45, 2.75) is 6.54 Å². The largest absolute Gasteiger partial charge is 0.495 e. The predicted octanol–water partition coefficient (Wildman–Crippen LogP) is 1.71. The first kappa shape index (κ1) is 25.5. The van der Waals surface area contributed by atoms with E-state index in [0.717, 1.165) is 16.6 Å². The number of nitrogens with zero attached hydrogens (tertiary/aromatic N) is 2. The molecule has 0 aliphatic carbocycles.